The molecule has 0 saturated carbocycles. The van der Waals surface area contributed by atoms with E-state index < -0.39 is 0 Å². The van der Waals surface area contributed by atoms with Crippen LogP contribution in [0.1, 0.15) is 39.2 Å². The van der Waals surface area contributed by atoms with Crippen LogP contribution in [0.4, 0.5) is 4.79 Å². The molecule has 1 fully saturated rings. The van der Waals surface area contributed by atoms with E-state index in [-0.39, 0.29) is 11.4 Å². The molecule has 1 aliphatic rings. The summed E-state index contributed by atoms with van der Waals surface area (Å²) >= 11 is 0. The first kappa shape index (κ1) is 16.7. The maximum absolute atomic E-state index is 12.3. The van der Waals surface area contributed by atoms with E-state index in [0.29, 0.717) is 12.5 Å². The molecular weight excluding hydrogens is 276 g/mol. The highest BCUT2D eigenvalue weighted by Gasteiger charge is 2.25. The van der Waals surface area contributed by atoms with Crippen LogP contribution in [0.3, 0.4) is 0 Å². The van der Waals surface area contributed by atoms with Crippen LogP contribution in [0.15, 0.2) is 24.3 Å². The van der Waals surface area contributed by atoms with E-state index in [1.807, 2.05) is 17.0 Å². The monoisotopic (exact) mass is 304 g/mol. The first-order chi connectivity index (χ1) is 10.4. The number of methoxy groups -OCH3 is 1. The summed E-state index contributed by atoms with van der Waals surface area (Å²) in [6.45, 7) is 8.87. The number of nitrogens with zero attached hydrogens (tertiary/aromatic N) is 1. The summed E-state index contributed by atoms with van der Waals surface area (Å²) in [7, 11) is 1.67. The van der Waals surface area contributed by atoms with Gasteiger partial charge in [-0.1, -0.05) is 32.9 Å². The van der Waals surface area contributed by atoms with Crippen LogP contribution in [0.5, 0.6) is 5.75 Å². The number of rotatable bonds is 4. The molecule has 4 nitrogen and oxygen atoms in total. The van der Waals surface area contributed by atoms with Gasteiger partial charge in [-0.05, 0) is 36.5 Å². The Morgan fingerprint density at radius 3 is 2.64 bits per heavy atom. The standard InChI is InChI=1S/C18H28N2O2/c1-14-6-5-11-20(12-14)17(21)19-13-18(2,3)15-7-9-16(22-4)10-8-15/h7-10,14H,5-6,11-13H2,1-4H3,(H,19,21). The number of hydrogen-bond donors (Lipinski definition) is 1. The van der Waals surface area contributed by atoms with E-state index in [1.165, 1.54) is 12.0 Å². The Morgan fingerprint density at radius 1 is 1.36 bits per heavy atom. The summed E-state index contributed by atoms with van der Waals surface area (Å²) in [4.78, 5) is 14.3. The van der Waals surface area contributed by atoms with Crippen LogP contribution in [0.25, 0.3) is 0 Å². The second kappa shape index (κ2) is 7.03. The van der Waals surface area contributed by atoms with Crippen molar-refractivity contribution in [2.24, 2.45) is 5.92 Å². The molecule has 2 amide bonds. The summed E-state index contributed by atoms with van der Waals surface area (Å²) in [5.74, 6) is 1.46. The zero-order valence-corrected chi connectivity index (χ0v) is 14.2. The number of carbonyl (C=O) groups is 1. The van der Waals surface area contributed by atoms with Crippen LogP contribution in [0.2, 0.25) is 0 Å². The van der Waals surface area contributed by atoms with Gasteiger partial charge in [-0.25, -0.2) is 4.79 Å². The summed E-state index contributed by atoms with van der Waals surface area (Å²) in [5.41, 5.74) is 1.09. The van der Waals surface area contributed by atoms with Gasteiger partial charge in [0.05, 0.1) is 7.11 Å². The average molecular weight is 304 g/mol. The van der Waals surface area contributed by atoms with Crippen molar-refractivity contribution in [3.05, 3.63) is 29.8 Å². The molecule has 22 heavy (non-hydrogen) atoms. The summed E-state index contributed by atoms with van der Waals surface area (Å²) in [6, 6.07) is 8.12. The molecule has 0 aromatic heterocycles. The van der Waals surface area contributed by atoms with Crippen molar-refractivity contribution in [3.8, 4) is 5.75 Å². The maximum Gasteiger partial charge on any atom is 0.317 e. The number of piperidine rings is 1. The molecule has 1 saturated heterocycles. The van der Waals surface area contributed by atoms with Gasteiger partial charge in [-0.15, -0.1) is 0 Å². The molecule has 1 aromatic carbocycles. The third kappa shape index (κ3) is 4.15. The van der Waals surface area contributed by atoms with Gasteiger partial charge in [0.1, 0.15) is 5.75 Å². The Labute approximate surface area is 133 Å². The third-order valence-electron chi connectivity index (χ3n) is 4.50. The van der Waals surface area contributed by atoms with Crippen molar-refractivity contribution in [2.45, 2.75) is 39.0 Å². The fraction of sp³-hybridized carbons (Fsp3) is 0.611. The molecule has 1 unspecified atom stereocenters. The Bertz CT molecular complexity index is 496. The smallest absolute Gasteiger partial charge is 0.317 e. The van der Waals surface area contributed by atoms with Crippen LogP contribution in [-0.4, -0.2) is 37.7 Å². The summed E-state index contributed by atoms with van der Waals surface area (Å²) in [6.07, 6.45) is 2.33. The summed E-state index contributed by atoms with van der Waals surface area (Å²) in [5, 5.41) is 3.10. The molecule has 2 rings (SSSR count). The number of ether oxygens (including phenoxy) is 1. The van der Waals surface area contributed by atoms with Crippen molar-refractivity contribution < 1.29 is 9.53 Å². The molecular formula is C18H28N2O2. The van der Waals surface area contributed by atoms with E-state index in [9.17, 15) is 4.79 Å². The normalized spacial score (nSPS) is 18.9. The van der Waals surface area contributed by atoms with E-state index in [2.05, 4.69) is 38.2 Å². The molecule has 1 atom stereocenters. The van der Waals surface area contributed by atoms with Gasteiger partial charge in [0, 0.05) is 25.0 Å². The van der Waals surface area contributed by atoms with Crippen LogP contribution >= 0.6 is 0 Å². The van der Waals surface area contributed by atoms with Crippen molar-refractivity contribution in [1.82, 2.24) is 10.2 Å². The molecule has 0 radical (unpaired) electrons. The van der Waals surface area contributed by atoms with Gasteiger partial charge in [-0.2, -0.15) is 0 Å². The second-order valence-corrected chi connectivity index (χ2v) is 6.96. The lowest BCUT2D eigenvalue weighted by Gasteiger charge is -2.33. The van der Waals surface area contributed by atoms with E-state index >= 15 is 0 Å². The zero-order valence-electron chi connectivity index (χ0n) is 14.2. The van der Waals surface area contributed by atoms with Gasteiger partial charge in [0.25, 0.3) is 0 Å². The molecule has 1 N–H and O–H groups in total. The Balaban J connectivity index is 1.92. The second-order valence-electron chi connectivity index (χ2n) is 6.96. The van der Waals surface area contributed by atoms with Crippen molar-refractivity contribution in [2.75, 3.05) is 26.7 Å². The summed E-state index contributed by atoms with van der Waals surface area (Å²) < 4.78 is 5.19. The van der Waals surface area contributed by atoms with Crippen LogP contribution in [-0.2, 0) is 5.41 Å². The SMILES string of the molecule is COc1ccc(C(C)(C)CNC(=O)N2CCCC(C)C2)cc1. The average Bonchev–Trinajstić information content (AvgIpc) is 2.52. The zero-order chi connectivity index (χ0) is 16.2. The predicted molar refractivity (Wildman–Crippen MR) is 89.4 cm³/mol. The first-order valence-electron chi connectivity index (χ1n) is 8.09. The number of benzene rings is 1. The lowest BCUT2D eigenvalue weighted by atomic mass is 9.84. The maximum atomic E-state index is 12.3. The molecule has 1 aromatic rings. The number of amides is 2. The molecule has 0 aliphatic carbocycles. The Hall–Kier alpha value is -1.71. The number of hydrogen-bond acceptors (Lipinski definition) is 2. The highest BCUT2D eigenvalue weighted by atomic mass is 16.5. The first-order valence-corrected chi connectivity index (χ1v) is 8.09. The minimum atomic E-state index is -0.108. The number of nitrogens with one attached hydrogen (secondary N) is 1. The number of carbonyl (C=O) groups excluding carboxylic acids is 1. The minimum absolute atomic E-state index is 0.0631. The van der Waals surface area contributed by atoms with Gasteiger partial charge < -0.3 is 15.0 Å². The van der Waals surface area contributed by atoms with Crippen molar-refractivity contribution in [1.29, 1.82) is 0 Å². The third-order valence-corrected chi connectivity index (χ3v) is 4.50. The highest BCUT2D eigenvalue weighted by molar-refractivity contribution is 5.74. The minimum Gasteiger partial charge on any atom is -0.497 e. The van der Waals surface area contributed by atoms with Crippen molar-refractivity contribution >= 4 is 6.03 Å². The molecule has 0 spiro atoms. The predicted octanol–water partition coefficient (Wildman–Crippen LogP) is 3.41. The van der Waals surface area contributed by atoms with Gasteiger partial charge in [0.2, 0.25) is 0 Å². The van der Waals surface area contributed by atoms with E-state index in [0.717, 1.165) is 25.3 Å². The fourth-order valence-electron chi connectivity index (χ4n) is 2.93. The van der Waals surface area contributed by atoms with Gasteiger partial charge in [-0.3, -0.25) is 0 Å². The van der Waals surface area contributed by atoms with Crippen LogP contribution in [0, 0.1) is 5.92 Å². The Morgan fingerprint density at radius 2 is 2.05 bits per heavy atom. The molecule has 122 valence electrons. The lowest BCUT2D eigenvalue weighted by Crippen LogP contribution is -2.48. The molecule has 1 heterocycles. The van der Waals surface area contributed by atoms with E-state index in [4.69, 9.17) is 4.74 Å². The quantitative estimate of drug-likeness (QED) is 0.926. The lowest BCUT2D eigenvalue weighted by molar-refractivity contribution is 0.168. The van der Waals surface area contributed by atoms with Crippen LogP contribution < -0.4 is 10.1 Å². The topological polar surface area (TPSA) is 41.6 Å². The number of urea groups is 1. The molecule has 1 aliphatic heterocycles. The number of likely N-dealkylation sites (tertiary alicyclic amines) is 1. The Kier molecular flexibility index (Phi) is 5.33. The van der Waals surface area contributed by atoms with E-state index in [1.54, 1.807) is 7.11 Å². The van der Waals surface area contributed by atoms with Gasteiger partial charge in [0.15, 0.2) is 0 Å². The molecule has 0 bridgehead atoms. The highest BCUT2D eigenvalue weighted by Crippen LogP contribution is 2.24. The fourth-order valence-corrected chi connectivity index (χ4v) is 2.93. The largest absolute Gasteiger partial charge is 0.497 e. The van der Waals surface area contributed by atoms with Crippen molar-refractivity contribution in [3.63, 3.8) is 0 Å². The van der Waals surface area contributed by atoms with Gasteiger partial charge >= 0.3 is 6.03 Å². The molecule has 4 heteroatoms.